The molecule has 2 amide bonds. The minimum atomic E-state index is -1.26. The molecule has 3 aromatic heterocycles. The van der Waals surface area contributed by atoms with Gasteiger partial charge in [-0.15, -0.1) is 0 Å². The van der Waals surface area contributed by atoms with Gasteiger partial charge >= 0.3 is 11.9 Å². The van der Waals surface area contributed by atoms with Crippen molar-refractivity contribution >= 4 is 87.0 Å². The van der Waals surface area contributed by atoms with Crippen LogP contribution in [0.4, 0.5) is 0 Å². The number of aliphatic carboxylic acids is 1. The van der Waals surface area contributed by atoms with Crippen LogP contribution in [0.1, 0.15) is 127 Å². The summed E-state index contributed by atoms with van der Waals surface area (Å²) in [6, 6.07) is 13.7. The van der Waals surface area contributed by atoms with Crippen LogP contribution in [-0.4, -0.2) is 111 Å². The van der Waals surface area contributed by atoms with E-state index in [-0.39, 0.29) is 85.3 Å². The number of H-pyrrole nitrogens is 3. The molecule has 0 fully saturated rings. The highest BCUT2D eigenvalue weighted by atomic mass is 16.5. The Morgan fingerprint density at radius 3 is 2.34 bits per heavy atom. The van der Waals surface area contributed by atoms with Gasteiger partial charge in [0.25, 0.3) is 0 Å². The smallest absolute Gasteiger partial charge is 0.326 e. The summed E-state index contributed by atoms with van der Waals surface area (Å²) in [5.74, 6) is -4.46. The second-order valence-electron chi connectivity index (χ2n) is 21.3. The maximum Gasteiger partial charge on any atom is 0.326 e. The van der Waals surface area contributed by atoms with Crippen LogP contribution < -0.4 is 32.8 Å². The van der Waals surface area contributed by atoms with Crippen molar-refractivity contribution in [3.05, 3.63) is 110 Å². The molecule has 7 atom stereocenters. The van der Waals surface area contributed by atoms with Crippen molar-refractivity contribution in [3.8, 4) is 11.3 Å². The summed E-state index contributed by atoms with van der Waals surface area (Å²) in [4.78, 5) is 105. The fourth-order valence-electron chi connectivity index (χ4n) is 12.0. The van der Waals surface area contributed by atoms with Crippen LogP contribution in [0.5, 0.6) is 0 Å². The number of fused-ring (bicyclic) bond motifs is 6. The average Bonchev–Trinajstić information content (AvgIpc) is 4.14. The Hall–Kier alpha value is -8.48. The Bertz CT molecular complexity index is 3590. The molecule has 5 aromatic rings. The van der Waals surface area contributed by atoms with E-state index < -0.39 is 35.7 Å². The van der Waals surface area contributed by atoms with Gasteiger partial charge in [-0.05, 0) is 93.3 Å². The van der Waals surface area contributed by atoms with E-state index in [9.17, 15) is 33.9 Å². The standard InChI is InChI=1S/C60H69N11O8/c1-8-37-28(2)40-27-47-50(32(6)72)30(4)42(67-47)25-41-29(3)38(54(70-41)52-53(60(78)79-7)56(75)51-31(5)43(71-55(51)52)26-46(37)66-40)18-19-48(73)64-21-10-9-11-39(59(76)77)69-49(74)20-22-65-58(63)34-14-12-33(13-15-34)44-23-35-16-17-36(57(61)62)24-45(35)68-44/h12-17,23-25,27-29,37-39,46,53,67-68,71H,8-11,18-22,26H2,1-7H3,(H3,61,62)(H2,63,65)(H,64,73)(H,69,74)(H,76,77)/b42-25?,47-27?,54-52-/t28-,29+,37-,38+,39?,46?,53?/m1/s1. The number of Topliss-reactive ketones (excluding diaryl/α,β-unsaturated/α-hetero) is 2. The van der Waals surface area contributed by atoms with Crippen molar-refractivity contribution in [1.29, 1.82) is 5.41 Å². The summed E-state index contributed by atoms with van der Waals surface area (Å²) in [6.07, 6.45) is 6.64. The van der Waals surface area contributed by atoms with Crippen molar-refractivity contribution in [3.63, 3.8) is 0 Å². The fraction of sp³-hybridized carbons (Fsp3) is 0.400. The zero-order valence-corrected chi connectivity index (χ0v) is 45.7. The zero-order valence-electron chi connectivity index (χ0n) is 45.7. The number of ketones is 2. The third-order valence-corrected chi connectivity index (χ3v) is 16.5. The molecule has 9 rings (SSSR count). The number of carboxylic acids is 1. The van der Waals surface area contributed by atoms with E-state index in [2.05, 4.69) is 44.4 Å². The van der Waals surface area contributed by atoms with E-state index in [0.29, 0.717) is 81.3 Å². The lowest BCUT2D eigenvalue weighted by atomic mass is 9.83. The van der Waals surface area contributed by atoms with Gasteiger partial charge in [0, 0.05) is 110 Å². The van der Waals surface area contributed by atoms with Crippen LogP contribution in [0, 0.1) is 48.8 Å². The summed E-state index contributed by atoms with van der Waals surface area (Å²) in [5.41, 5.74) is 22.3. The predicted octanol–water partition coefficient (Wildman–Crippen LogP) is 5.73. The van der Waals surface area contributed by atoms with Crippen LogP contribution in [0.3, 0.4) is 0 Å². The number of nitrogens with one attached hydrogen (secondary N) is 6. The lowest BCUT2D eigenvalue weighted by molar-refractivity contribution is -0.142. The number of esters is 1. The molecule has 19 nitrogen and oxygen atoms in total. The first-order valence-corrected chi connectivity index (χ1v) is 27.1. The topological polar surface area (TPSA) is 316 Å². The SMILES string of the molecule is CC[C@H]1C2Cc3[nH]c4c(c3C)C(=O)C(C(=O)OC)/C4=C3/N=C(C=c4[nH]c(c(C(C)=O)c4C)=CC(=N2)[C@@H]1C)[C@@H](C)[C@@H]3CCC(=O)NCCCCC(NC(=O)CCN=C(N)c1ccc(-c2cc3ccc(C(=N)N)cc3[nH]2)cc1)C(=O)O. The van der Waals surface area contributed by atoms with Gasteiger partial charge in [0.2, 0.25) is 11.8 Å². The van der Waals surface area contributed by atoms with E-state index in [1.807, 2.05) is 75.4 Å². The van der Waals surface area contributed by atoms with Gasteiger partial charge in [0.15, 0.2) is 11.6 Å². The minimum absolute atomic E-state index is 0.0108. The lowest BCUT2D eigenvalue weighted by Gasteiger charge is -2.21. The quantitative estimate of drug-likeness (QED) is 0.0121. The Morgan fingerprint density at radius 1 is 0.911 bits per heavy atom. The summed E-state index contributed by atoms with van der Waals surface area (Å²) < 4.78 is 5.27. The molecule has 3 aliphatic heterocycles. The largest absolute Gasteiger partial charge is 0.480 e. The maximum absolute atomic E-state index is 14.5. The molecule has 0 saturated heterocycles. The van der Waals surface area contributed by atoms with E-state index in [4.69, 9.17) is 31.6 Å². The number of aromatic nitrogens is 3. The summed E-state index contributed by atoms with van der Waals surface area (Å²) in [6.45, 7) is 12.0. The molecule has 412 valence electrons. The molecule has 11 N–H and O–H groups in total. The number of amidine groups is 2. The van der Waals surface area contributed by atoms with E-state index in [1.165, 1.54) is 7.11 Å². The van der Waals surface area contributed by atoms with Crippen LogP contribution in [0.25, 0.3) is 39.9 Å². The third kappa shape index (κ3) is 11.0. The molecule has 4 aliphatic rings. The van der Waals surface area contributed by atoms with Crippen LogP contribution in [0.2, 0.25) is 0 Å². The van der Waals surface area contributed by atoms with Gasteiger partial charge < -0.3 is 46.9 Å². The molecule has 79 heavy (non-hydrogen) atoms. The number of carbonyl (C=O) groups is 6. The number of nitrogens with two attached hydrogens (primary N) is 2. The molecular weight excluding hydrogens is 1000 g/mol. The van der Waals surface area contributed by atoms with Gasteiger partial charge in [0.1, 0.15) is 23.6 Å². The van der Waals surface area contributed by atoms with E-state index >= 15 is 0 Å². The number of aromatic amines is 3. The number of carbonyl (C=O) groups excluding carboxylic acids is 5. The Balaban J connectivity index is 0.836. The van der Waals surface area contributed by atoms with Gasteiger partial charge in [-0.2, -0.15) is 0 Å². The second kappa shape index (κ2) is 22.8. The Morgan fingerprint density at radius 2 is 1.65 bits per heavy atom. The highest BCUT2D eigenvalue weighted by Crippen LogP contribution is 2.48. The lowest BCUT2D eigenvalue weighted by Crippen LogP contribution is -2.41. The first-order valence-electron chi connectivity index (χ1n) is 27.1. The number of nitrogen functional groups attached to an aromatic ring is 1. The normalized spacial score (nSPS) is 21.7. The minimum Gasteiger partial charge on any atom is -0.480 e. The molecule has 2 aromatic carbocycles. The highest BCUT2D eigenvalue weighted by molar-refractivity contribution is 6.25. The van der Waals surface area contributed by atoms with Gasteiger partial charge in [0.05, 0.1) is 36.4 Å². The predicted molar refractivity (Wildman–Crippen MR) is 305 cm³/mol. The number of hydrogen-bond donors (Lipinski definition) is 9. The van der Waals surface area contributed by atoms with E-state index in [0.717, 1.165) is 51.1 Å². The van der Waals surface area contributed by atoms with Gasteiger partial charge in [-0.1, -0.05) is 63.6 Å². The Labute approximate surface area is 457 Å². The number of amides is 2. The number of carboxylic acid groups (broad SMARTS) is 1. The van der Waals surface area contributed by atoms with Crippen molar-refractivity contribution in [1.82, 2.24) is 25.6 Å². The van der Waals surface area contributed by atoms with Crippen LogP contribution in [0.15, 0.2) is 69.2 Å². The van der Waals surface area contributed by atoms with E-state index in [1.54, 1.807) is 13.0 Å². The molecule has 19 heteroatoms. The van der Waals surface area contributed by atoms with Crippen LogP contribution in [-0.2, 0) is 30.3 Å². The number of methoxy groups -OCH3 is 1. The number of hydrogen-bond acceptors (Lipinski definition) is 11. The maximum atomic E-state index is 14.5. The number of aliphatic imine (C=N–C) groups is 3. The van der Waals surface area contributed by atoms with Crippen molar-refractivity contribution in [2.24, 2.45) is 56.0 Å². The summed E-state index contributed by atoms with van der Waals surface area (Å²) >= 11 is 0. The zero-order chi connectivity index (χ0) is 56.6. The van der Waals surface area contributed by atoms with Gasteiger partial charge in [-0.3, -0.25) is 44.4 Å². The third-order valence-electron chi connectivity index (χ3n) is 16.5. The monoisotopic (exact) mass is 1070 g/mol. The number of ether oxygens (including phenoxy) is 1. The van der Waals surface area contributed by atoms with Crippen LogP contribution >= 0.6 is 0 Å². The Kier molecular flexibility index (Phi) is 16.0. The number of benzene rings is 2. The molecule has 3 unspecified atom stereocenters. The van der Waals surface area contributed by atoms with Gasteiger partial charge in [-0.25, -0.2) is 4.79 Å². The molecule has 0 spiro atoms. The summed E-state index contributed by atoms with van der Waals surface area (Å²) in [5, 5.41) is 25.6. The first-order chi connectivity index (χ1) is 37.8. The second-order valence-corrected chi connectivity index (χ2v) is 21.3. The molecule has 0 saturated carbocycles. The molecule has 1 aliphatic carbocycles. The molecule has 0 radical (unpaired) electrons. The van der Waals surface area contributed by atoms with Crippen molar-refractivity contribution < 1.29 is 38.6 Å². The number of nitrogens with zero attached hydrogens (tertiary/aromatic N) is 3. The average molecular weight is 1070 g/mol. The molecule has 8 bridgehead atoms. The number of rotatable bonds is 19. The number of unbranched alkanes of at least 4 members (excludes halogenated alkanes) is 1. The first kappa shape index (κ1) is 55.3. The summed E-state index contributed by atoms with van der Waals surface area (Å²) in [7, 11) is 1.26. The van der Waals surface area contributed by atoms with Crippen molar-refractivity contribution in [2.75, 3.05) is 20.2 Å². The molecular formula is C60H69N11O8. The highest BCUT2D eigenvalue weighted by Gasteiger charge is 2.49. The number of allylic oxidation sites excluding steroid dienone is 1. The fourth-order valence-corrected chi connectivity index (χ4v) is 12.0. The van der Waals surface area contributed by atoms with Crippen molar-refractivity contribution in [2.45, 2.75) is 105 Å². The molecule has 6 heterocycles.